The lowest BCUT2D eigenvalue weighted by Gasteiger charge is -2.09. The zero-order chi connectivity index (χ0) is 14.7. The smallest absolute Gasteiger partial charge is 0.259 e. The Morgan fingerprint density at radius 2 is 1.65 bits per heavy atom. The number of hydrogen-bond acceptors (Lipinski definition) is 4. The van der Waals surface area contributed by atoms with E-state index in [0.29, 0.717) is 34.3 Å². The summed E-state index contributed by atoms with van der Waals surface area (Å²) in [6.07, 6.45) is 0. The van der Waals surface area contributed by atoms with Gasteiger partial charge in [0, 0.05) is 23.9 Å². The second-order valence-corrected chi connectivity index (χ2v) is 4.38. The largest absolute Gasteiger partial charge is 0.497 e. The summed E-state index contributed by atoms with van der Waals surface area (Å²) in [6, 6.07) is 6.90. The van der Waals surface area contributed by atoms with Crippen molar-refractivity contribution in [2.45, 2.75) is 13.8 Å². The summed E-state index contributed by atoms with van der Waals surface area (Å²) in [5, 5.41) is 2.80. The molecule has 0 atom stereocenters. The molecule has 106 valence electrons. The molecule has 0 bridgehead atoms. The van der Waals surface area contributed by atoms with Crippen LogP contribution in [0.25, 0.3) is 0 Å². The van der Waals surface area contributed by atoms with Gasteiger partial charge in [-0.2, -0.15) is 0 Å². The van der Waals surface area contributed by atoms with Gasteiger partial charge in [-0.15, -0.1) is 0 Å². The minimum atomic E-state index is -0.227. The molecule has 2 aromatic rings. The lowest BCUT2D eigenvalue weighted by molar-refractivity contribution is 0.102. The van der Waals surface area contributed by atoms with E-state index in [-0.39, 0.29) is 5.91 Å². The summed E-state index contributed by atoms with van der Waals surface area (Å²) < 4.78 is 15.7. The molecule has 0 aliphatic heterocycles. The first-order chi connectivity index (χ1) is 9.53. The number of benzene rings is 1. The van der Waals surface area contributed by atoms with Crippen LogP contribution in [0.5, 0.6) is 11.5 Å². The SMILES string of the molecule is COc1cc(NC(=O)c2cc(C)oc2C)cc(OC)c1. The van der Waals surface area contributed by atoms with Gasteiger partial charge in [-0.25, -0.2) is 0 Å². The Hall–Kier alpha value is -2.43. The van der Waals surface area contributed by atoms with Gasteiger partial charge in [-0.1, -0.05) is 0 Å². The Balaban J connectivity index is 2.25. The fourth-order valence-electron chi connectivity index (χ4n) is 1.93. The zero-order valence-electron chi connectivity index (χ0n) is 11.9. The molecule has 0 spiro atoms. The van der Waals surface area contributed by atoms with Gasteiger partial charge in [0.1, 0.15) is 23.0 Å². The number of furan rings is 1. The van der Waals surface area contributed by atoms with E-state index in [2.05, 4.69) is 5.32 Å². The van der Waals surface area contributed by atoms with Crippen LogP contribution in [0.1, 0.15) is 21.9 Å². The second-order valence-electron chi connectivity index (χ2n) is 4.38. The first kappa shape index (κ1) is 14.0. The Kier molecular flexibility index (Phi) is 3.98. The molecule has 1 heterocycles. The molecule has 0 aliphatic carbocycles. The van der Waals surface area contributed by atoms with Gasteiger partial charge in [0.2, 0.25) is 0 Å². The lowest BCUT2D eigenvalue weighted by Crippen LogP contribution is -2.12. The highest BCUT2D eigenvalue weighted by atomic mass is 16.5. The van der Waals surface area contributed by atoms with Crippen LogP contribution in [-0.4, -0.2) is 20.1 Å². The van der Waals surface area contributed by atoms with E-state index in [1.165, 1.54) is 0 Å². The van der Waals surface area contributed by atoms with Crippen molar-refractivity contribution in [3.05, 3.63) is 41.3 Å². The van der Waals surface area contributed by atoms with Crippen molar-refractivity contribution >= 4 is 11.6 Å². The summed E-state index contributed by atoms with van der Waals surface area (Å²) in [7, 11) is 3.12. The minimum Gasteiger partial charge on any atom is -0.497 e. The van der Waals surface area contributed by atoms with Gasteiger partial charge >= 0.3 is 0 Å². The molecule has 2 rings (SSSR count). The van der Waals surface area contributed by atoms with Crippen molar-refractivity contribution < 1.29 is 18.7 Å². The summed E-state index contributed by atoms with van der Waals surface area (Å²) >= 11 is 0. The van der Waals surface area contributed by atoms with E-state index in [0.717, 1.165) is 0 Å². The molecule has 5 nitrogen and oxygen atoms in total. The number of rotatable bonds is 4. The first-order valence-electron chi connectivity index (χ1n) is 6.15. The maximum Gasteiger partial charge on any atom is 0.259 e. The van der Waals surface area contributed by atoms with E-state index in [4.69, 9.17) is 13.9 Å². The molecular weight excluding hydrogens is 258 g/mol. The Morgan fingerprint density at radius 3 is 2.10 bits per heavy atom. The molecular formula is C15H17NO4. The van der Waals surface area contributed by atoms with Crippen molar-refractivity contribution in [3.8, 4) is 11.5 Å². The number of amides is 1. The fraction of sp³-hybridized carbons (Fsp3) is 0.267. The Bertz CT molecular complexity index is 609. The van der Waals surface area contributed by atoms with Gasteiger partial charge in [-0.3, -0.25) is 4.79 Å². The van der Waals surface area contributed by atoms with E-state index >= 15 is 0 Å². The molecule has 1 aromatic carbocycles. The zero-order valence-corrected chi connectivity index (χ0v) is 11.9. The van der Waals surface area contributed by atoms with Gasteiger partial charge in [-0.05, 0) is 19.9 Å². The molecule has 0 saturated carbocycles. The molecule has 0 unspecified atom stereocenters. The minimum absolute atomic E-state index is 0.227. The van der Waals surface area contributed by atoms with Gasteiger partial charge in [0.15, 0.2) is 0 Å². The first-order valence-corrected chi connectivity index (χ1v) is 6.15. The summed E-state index contributed by atoms with van der Waals surface area (Å²) in [5.74, 6) is 2.29. The highest BCUT2D eigenvalue weighted by Crippen LogP contribution is 2.26. The predicted molar refractivity (Wildman–Crippen MR) is 75.7 cm³/mol. The van der Waals surface area contributed by atoms with Gasteiger partial charge < -0.3 is 19.2 Å². The molecule has 1 N–H and O–H groups in total. The fourth-order valence-corrected chi connectivity index (χ4v) is 1.93. The third-order valence-electron chi connectivity index (χ3n) is 2.89. The average Bonchev–Trinajstić information content (AvgIpc) is 2.77. The number of hydrogen-bond donors (Lipinski definition) is 1. The quantitative estimate of drug-likeness (QED) is 0.931. The predicted octanol–water partition coefficient (Wildman–Crippen LogP) is 3.17. The number of nitrogens with one attached hydrogen (secondary N) is 1. The highest BCUT2D eigenvalue weighted by Gasteiger charge is 2.14. The van der Waals surface area contributed by atoms with Crippen molar-refractivity contribution in [1.29, 1.82) is 0 Å². The van der Waals surface area contributed by atoms with Gasteiger partial charge in [0.05, 0.1) is 19.8 Å². The number of ether oxygens (including phenoxy) is 2. The molecule has 1 amide bonds. The van der Waals surface area contributed by atoms with Crippen molar-refractivity contribution in [3.63, 3.8) is 0 Å². The molecule has 0 fully saturated rings. The maximum absolute atomic E-state index is 12.2. The van der Waals surface area contributed by atoms with Crippen LogP contribution in [-0.2, 0) is 0 Å². The molecule has 20 heavy (non-hydrogen) atoms. The normalized spacial score (nSPS) is 10.2. The molecule has 0 radical (unpaired) electrons. The van der Waals surface area contributed by atoms with Crippen LogP contribution in [0.15, 0.2) is 28.7 Å². The van der Waals surface area contributed by atoms with Crippen molar-refractivity contribution in [2.75, 3.05) is 19.5 Å². The van der Waals surface area contributed by atoms with E-state index in [1.807, 2.05) is 0 Å². The van der Waals surface area contributed by atoms with Crippen molar-refractivity contribution in [2.24, 2.45) is 0 Å². The van der Waals surface area contributed by atoms with Crippen LogP contribution in [0.3, 0.4) is 0 Å². The summed E-state index contributed by atoms with van der Waals surface area (Å²) in [6.45, 7) is 3.56. The van der Waals surface area contributed by atoms with Crippen LogP contribution in [0.2, 0.25) is 0 Å². The van der Waals surface area contributed by atoms with Gasteiger partial charge in [0.25, 0.3) is 5.91 Å². The Morgan fingerprint density at radius 1 is 1.05 bits per heavy atom. The van der Waals surface area contributed by atoms with Crippen LogP contribution in [0, 0.1) is 13.8 Å². The monoisotopic (exact) mass is 275 g/mol. The van der Waals surface area contributed by atoms with Crippen LogP contribution in [0.4, 0.5) is 5.69 Å². The van der Waals surface area contributed by atoms with E-state index < -0.39 is 0 Å². The second kappa shape index (κ2) is 5.69. The van der Waals surface area contributed by atoms with E-state index in [1.54, 1.807) is 52.3 Å². The number of methoxy groups -OCH3 is 2. The van der Waals surface area contributed by atoms with Crippen molar-refractivity contribution in [1.82, 2.24) is 0 Å². The molecule has 0 saturated heterocycles. The third kappa shape index (κ3) is 2.93. The molecule has 5 heteroatoms. The highest BCUT2D eigenvalue weighted by molar-refractivity contribution is 6.05. The number of aryl methyl sites for hydroxylation is 2. The maximum atomic E-state index is 12.2. The summed E-state index contributed by atoms with van der Waals surface area (Å²) in [4.78, 5) is 12.2. The summed E-state index contributed by atoms with van der Waals surface area (Å²) in [5.41, 5.74) is 1.12. The van der Waals surface area contributed by atoms with Crippen LogP contribution < -0.4 is 14.8 Å². The topological polar surface area (TPSA) is 60.7 Å². The standard InChI is InChI=1S/C15H17NO4/c1-9-5-14(10(2)20-9)15(17)16-11-6-12(18-3)8-13(7-11)19-4/h5-8H,1-4H3,(H,16,17). The lowest BCUT2D eigenvalue weighted by atomic mass is 10.2. The van der Waals surface area contributed by atoms with E-state index in [9.17, 15) is 4.79 Å². The number of carbonyl (C=O) groups excluding carboxylic acids is 1. The van der Waals surface area contributed by atoms with Crippen LogP contribution >= 0.6 is 0 Å². The number of carbonyl (C=O) groups is 1. The third-order valence-corrected chi connectivity index (χ3v) is 2.89. The Labute approximate surface area is 117 Å². The molecule has 1 aromatic heterocycles. The average molecular weight is 275 g/mol. The number of anilines is 1. The molecule has 0 aliphatic rings.